The molecule has 0 heterocycles. The molecule has 0 amide bonds. The van der Waals surface area contributed by atoms with Crippen molar-refractivity contribution in [1.29, 1.82) is 0 Å². The normalized spacial score (nSPS) is 35.0. The van der Waals surface area contributed by atoms with Crippen molar-refractivity contribution in [1.82, 2.24) is 4.83 Å². The van der Waals surface area contributed by atoms with Crippen LogP contribution in [-0.4, -0.2) is 14.1 Å². The average Bonchev–Trinajstić information content (AvgIpc) is 3.01. The quantitative estimate of drug-likeness (QED) is 0.871. The van der Waals surface area contributed by atoms with Crippen LogP contribution in [-0.2, 0) is 10.0 Å². The molecule has 5 heteroatoms. The van der Waals surface area contributed by atoms with Gasteiger partial charge in [-0.05, 0) is 68.9 Å². The zero-order valence-corrected chi connectivity index (χ0v) is 13.6. The Labute approximate surface area is 132 Å². The predicted octanol–water partition coefficient (Wildman–Crippen LogP) is 3.09. The lowest BCUT2D eigenvalue weighted by Crippen LogP contribution is -2.29. The second kappa shape index (κ2) is 5.08. The van der Waals surface area contributed by atoms with Gasteiger partial charge in [0.2, 0.25) is 0 Å². The smallest absolute Gasteiger partial charge is 0.200 e. The van der Waals surface area contributed by atoms with E-state index in [-0.39, 0.29) is 4.90 Å². The molecule has 1 aromatic rings. The molecule has 3 aliphatic rings. The van der Waals surface area contributed by atoms with Gasteiger partial charge >= 0.3 is 0 Å². The highest BCUT2D eigenvalue weighted by Crippen LogP contribution is 2.55. The van der Waals surface area contributed by atoms with Crippen LogP contribution in [0.1, 0.15) is 37.7 Å². The highest BCUT2D eigenvalue weighted by Gasteiger charge is 2.49. The number of nitrogens with zero attached hydrogens (tertiary/aromatic N) is 1. The zero-order chi connectivity index (χ0) is 15.3. The largest absolute Gasteiger partial charge is 0.276 e. The van der Waals surface area contributed by atoms with Crippen LogP contribution in [0.15, 0.2) is 34.3 Å². The number of aryl methyl sites for hydroxylation is 1. The Kier molecular flexibility index (Phi) is 3.29. The van der Waals surface area contributed by atoms with E-state index in [1.807, 2.05) is 19.1 Å². The van der Waals surface area contributed by atoms with E-state index in [0.29, 0.717) is 5.92 Å². The molecule has 1 aromatic carbocycles. The van der Waals surface area contributed by atoms with Crippen molar-refractivity contribution in [3.63, 3.8) is 0 Å². The monoisotopic (exact) mass is 318 g/mol. The van der Waals surface area contributed by atoms with Crippen molar-refractivity contribution in [2.24, 2.45) is 28.8 Å². The maximum atomic E-state index is 12.4. The number of fused-ring (bicyclic) bond motifs is 1. The van der Waals surface area contributed by atoms with E-state index in [0.717, 1.165) is 35.4 Å². The third-order valence-corrected chi connectivity index (χ3v) is 7.00. The fourth-order valence-electron chi connectivity index (χ4n) is 4.75. The Morgan fingerprint density at radius 3 is 2.68 bits per heavy atom. The minimum Gasteiger partial charge on any atom is -0.200 e. The molecular formula is C17H22N2O2S. The van der Waals surface area contributed by atoms with Crippen molar-refractivity contribution in [2.75, 3.05) is 0 Å². The molecule has 4 unspecified atom stereocenters. The van der Waals surface area contributed by atoms with Crippen LogP contribution in [0.25, 0.3) is 0 Å². The number of hydrazone groups is 1. The molecule has 1 N–H and O–H groups in total. The van der Waals surface area contributed by atoms with Crippen molar-refractivity contribution < 1.29 is 8.42 Å². The summed E-state index contributed by atoms with van der Waals surface area (Å²) in [5.74, 6) is 2.89. The number of benzene rings is 1. The van der Waals surface area contributed by atoms with Crippen molar-refractivity contribution >= 4 is 15.7 Å². The van der Waals surface area contributed by atoms with Crippen LogP contribution in [0, 0.1) is 30.6 Å². The molecule has 118 valence electrons. The summed E-state index contributed by atoms with van der Waals surface area (Å²) in [4.78, 5) is 2.76. The number of hydrogen-bond donors (Lipinski definition) is 1. The van der Waals surface area contributed by atoms with Gasteiger partial charge in [0.15, 0.2) is 0 Å². The van der Waals surface area contributed by atoms with Gasteiger partial charge < -0.3 is 0 Å². The van der Waals surface area contributed by atoms with Gasteiger partial charge in [0.25, 0.3) is 10.0 Å². The van der Waals surface area contributed by atoms with Crippen molar-refractivity contribution in [2.45, 2.75) is 43.9 Å². The Morgan fingerprint density at radius 1 is 1.14 bits per heavy atom. The summed E-state index contributed by atoms with van der Waals surface area (Å²) in [6, 6.07) is 6.89. The lowest BCUT2D eigenvalue weighted by molar-refractivity contribution is 0.387. The lowest BCUT2D eigenvalue weighted by atomic mass is 9.79. The van der Waals surface area contributed by atoms with E-state index in [2.05, 4.69) is 9.93 Å². The number of sulfonamides is 1. The molecular weight excluding hydrogens is 296 g/mol. The molecule has 0 radical (unpaired) electrons. The SMILES string of the molecule is Cc1ccc(S(=O)(=O)N/N=C2\CC3CC4CCC2C4C3)cc1. The minimum absolute atomic E-state index is 0.283. The Morgan fingerprint density at radius 2 is 1.91 bits per heavy atom. The molecule has 0 saturated heterocycles. The molecule has 4 nitrogen and oxygen atoms in total. The van der Waals surface area contributed by atoms with Crippen LogP contribution in [0.2, 0.25) is 0 Å². The van der Waals surface area contributed by atoms with E-state index in [9.17, 15) is 8.42 Å². The predicted molar refractivity (Wildman–Crippen MR) is 86.0 cm³/mol. The maximum Gasteiger partial charge on any atom is 0.276 e. The van der Waals surface area contributed by atoms with E-state index < -0.39 is 10.0 Å². The van der Waals surface area contributed by atoms with Gasteiger partial charge in [-0.3, -0.25) is 0 Å². The molecule has 3 aliphatic carbocycles. The molecule has 0 aromatic heterocycles. The average molecular weight is 318 g/mol. The Bertz CT molecular complexity index is 707. The van der Waals surface area contributed by atoms with Crippen LogP contribution in [0.4, 0.5) is 0 Å². The van der Waals surface area contributed by atoms with Crippen LogP contribution in [0.5, 0.6) is 0 Å². The summed E-state index contributed by atoms with van der Waals surface area (Å²) >= 11 is 0. The van der Waals surface area contributed by atoms with Gasteiger partial charge in [-0.25, -0.2) is 4.83 Å². The van der Waals surface area contributed by atoms with E-state index in [1.165, 1.54) is 25.7 Å². The first-order chi connectivity index (χ1) is 10.5. The van der Waals surface area contributed by atoms with Crippen molar-refractivity contribution in [3.8, 4) is 0 Å². The Balaban J connectivity index is 1.55. The molecule has 22 heavy (non-hydrogen) atoms. The number of hydrogen-bond acceptors (Lipinski definition) is 3. The fraction of sp³-hybridized carbons (Fsp3) is 0.588. The van der Waals surface area contributed by atoms with E-state index in [4.69, 9.17) is 0 Å². The van der Waals surface area contributed by atoms with Crippen molar-refractivity contribution in [3.05, 3.63) is 29.8 Å². The first-order valence-corrected chi connectivity index (χ1v) is 9.66. The summed E-state index contributed by atoms with van der Waals surface area (Å²) in [5.41, 5.74) is 2.14. The topological polar surface area (TPSA) is 58.5 Å². The molecule has 0 aliphatic heterocycles. The highest BCUT2D eigenvalue weighted by atomic mass is 32.2. The second-order valence-corrected chi connectivity index (χ2v) is 8.82. The standard InChI is InChI=1S/C17H22N2O2S/c1-11-2-5-14(6-3-11)22(20,21)19-18-17-10-12-8-13-4-7-15(17)16(13)9-12/h2-3,5-6,12-13,15-16,19H,4,7-10H2,1H3/b18-17+. The zero-order valence-electron chi connectivity index (χ0n) is 12.8. The molecule has 0 spiro atoms. The third-order valence-electron chi connectivity index (χ3n) is 5.78. The minimum atomic E-state index is -3.55. The lowest BCUT2D eigenvalue weighted by Gasteiger charge is -2.27. The first kappa shape index (κ1) is 14.2. The first-order valence-electron chi connectivity index (χ1n) is 8.18. The van der Waals surface area contributed by atoms with E-state index in [1.54, 1.807) is 12.1 Å². The fourth-order valence-corrected chi connectivity index (χ4v) is 5.59. The van der Waals surface area contributed by atoms with Crippen LogP contribution >= 0.6 is 0 Å². The van der Waals surface area contributed by atoms with E-state index >= 15 is 0 Å². The number of nitrogens with one attached hydrogen (secondary N) is 1. The van der Waals surface area contributed by atoms with Gasteiger partial charge in [-0.1, -0.05) is 17.7 Å². The summed E-state index contributed by atoms with van der Waals surface area (Å²) in [6.07, 6.45) is 6.13. The summed E-state index contributed by atoms with van der Waals surface area (Å²) in [5, 5.41) is 4.35. The molecule has 3 fully saturated rings. The summed E-state index contributed by atoms with van der Waals surface area (Å²) < 4.78 is 24.7. The number of rotatable bonds is 3. The third kappa shape index (κ3) is 2.35. The Hall–Kier alpha value is -1.36. The van der Waals surface area contributed by atoms with Gasteiger partial charge in [0.1, 0.15) is 0 Å². The molecule has 4 atom stereocenters. The molecule has 3 saturated carbocycles. The summed E-state index contributed by atoms with van der Waals surface area (Å²) in [6.45, 7) is 1.94. The van der Waals surface area contributed by atoms with Crippen LogP contribution < -0.4 is 4.83 Å². The molecule has 4 rings (SSSR count). The van der Waals surface area contributed by atoms with Gasteiger partial charge in [0.05, 0.1) is 4.90 Å². The van der Waals surface area contributed by atoms with Gasteiger partial charge in [0, 0.05) is 11.6 Å². The van der Waals surface area contributed by atoms with Crippen LogP contribution in [0.3, 0.4) is 0 Å². The highest BCUT2D eigenvalue weighted by molar-refractivity contribution is 7.89. The maximum absolute atomic E-state index is 12.4. The van der Waals surface area contributed by atoms with Gasteiger partial charge in [-0.15, -0.1) is 0 Å². The second-order valence-electron chi connectivity index (χ2n) is 7.16. The summed E-state index contributed by atoms with van der Waals surface area (Å²) in [7, 11) is -3.55. The van der Waals surface area contributed by atoms with Gasteiger partial charge in [-0.2, -0.15) is 13.5 Å². The molecule has 2 bridgehead atoms.